The molecule has 0 aliphatic carbocycles. The van der Waals surface area contributed by atoms with Crippen LogP contribution in [-0.4, -0.2) is 28.0 Å². The van der Waals surface area contributed by atoms with Crippen LogP contribution >= 0.6 is 0 Å². The highest BCUT2D eigenvalue weighted by atomic mass is 15.2. The zero-order chi connectivity index (χ0) is 14.5. The number of aromatic nitrogens is 2. The molecule has 0 N–H and O–H groups in total. The van der Waals surface area contributed by atoms with Gasteiger partial charge >= 0.3 is 0 Å². The maximum Gasteiger partial charge on any atom is 0.125 e. The highest BCUT2D eigenvalue weighted by molar-refractivity contribution is 5.77. The van der Waals surface area contributed by atoms with E-state index in [4.69, 9.17) is 10.2 Å². The lowest BCUT2D eigenvalue weighted by Crippen LogP contribution is -2.21. The average Bonchev–Trinajstić information content (AvgIpc) is 2.74. The van der Waals surface area contributed by atoms with E-state index >= 15 is 0 Å². The molecule has 1 aromatic heterocycles. The lowest BCUT2D eigenvalue weighted by Gasteiger charge is -2.16. The summed E-state index contributed by atoms with van der Waals surface area (Å²) in [5, 5.41) is 9.04. The molecule has 0 bridgehead atoms. The van der Waals surface area contributed by atoms with Gasteiger partial charge in [0.05, 0.1) is 23.6 Å². The fourth-order valence-corrected chi connectivity index (χ4v) is 2.41. The van der Waals surface area contributed by atoms with Gasteiger partial charge in [-0.25, -0.2) is 4.98 Å². The summed E-state index contributed by atoms with van der Waals surface area (Å²) in [4.78, 5) is 6.98. The molecular weight excluding hydrogens is 248 g/mol. The molecule has 0 aliphatic rings. The summed E-state index contributed by atoms with van der Waals surface area (Å²) >= 11 is 0. The van der Waals surface area contributed by atoms with Gasteiger partial charge in [-0.05, 0) is 44.6 Å². The number of fused-ring (bicyclic) bond motifs is 1. The molecular formula is C16H22N4. The minimum absolute atomic E-state index is 0.358. The van der Waals surface area contributed by atoms with Gasteiger partial charge in [-0.2, -0.15) is 5.26 Å². The van der Waals surface area contributed by atoms with Gasteiger partial charge in [0.15, 0.2) is 0 Å². The van der Waals surface area contributed by atoms with Crippen LogP contribution in [0.25, 0.3) is 11.0 Å². The van der Waals surface area contributed by atoms with Crippen LogP contribution in [-0.2, 0) is 13.1 Å². The van der Waals surface area contributed by atoms with Crippen molar-refractivity contribution in [3.05, 3.63) is 29.6 Å². The van der Waals surface area contributed by atoms with E-state index in [0.29, 0.717) is 6.54 Å². The number of benzene rings is 1. The van der Waals surface area contributed by atoms with Crippen molar-refractivity contribution < 1.29 is 0 Å². The molecule has 0 atom stereocenters. The van der Waals surface area contributed by atoms with Gasteiger partial charge in [0.25, 0.3) is 0 Å². The van der Waals surface area contributed by atoms with Crippen LogP contribution in [0.2, 0.25) is 0 Å². The van der Waals surface area contributed by atoms with Gasteiger partial charge in [-0.1, -0.05) is 19.4 Å². The van der Waals surface area contributed by atoms with Crippen LogP contribution < -0.4 is 0 Å². The number of aryl methyl sites for hydroxylation is 1. The Balaban J connectivity index is 2.31. The molecule has 20 heavy (non-hydrogen) atoms. The molecule has 106 valence electrons. The van der Waals surface area contributed by atoms with Crippen molar-refractivity contribution in [1.29, 1.82) is 5.26 Å². The second kappa shape index (κ2) is 6.53. The molecule has 0 saturated carbocycles. The Kier molecular flexibility index (Phi) is 4.75. The molecule has 0 spiro atoms. The second-order valence-electron chi connectivity index (χ2n) is 5.36. The quantitative estimate of drug-likeness (QED) is 0.810. The first-order chi connectivity index (χ1) is 9.65. The predicted octanol–water partition coefficient (Wildman–Crippen LogP) is 3.10. The first-order valence-corrected chi connectivity index (χ1v) is 7.17. The molecule has 2 aromatic rings. The SMILES string of the molecule is CCCCN(C)Cc1nc2cc(C)ccc2n1CC#N. The van der Waals surface area contributed by atoms with Crippen LogP contribution in [0, 0.1) is 18.3 Å². The van der Waals surface area contributed by atoms with Gasteiger partial charge in [0.1, 0.15) is 12.4 Å². The van der Waals surface area contributed by atoms with Crippen molar-refractivity contribution in [2.75, 3.05) is 13.6 Å². The second-order valence-corrected chi connectivity index (χ2v) is 5.36. The number of imidazole rings is 1. The molecule has 0 aliphatic heterocycles. The molecule has 0 unspecified atom stereocenters. The highest BCUT2D eigenvalue weighted by Gasteiger charge is 2.12. The number of rotatable bonds is 6. The molecule has 0 radical (unpaired) electrons. The van der Waals surface area contributed by atoms with E-state index in [1.807, 2.05) is 4.57 Å². The van der Waals surface area contributed by atoms with Crippen molar-refractivity contribution in [2.24, 2.45) is 0 Å². The fraction of sp³-hybridized carbons (Fsp3) is 0.500. The number of nitrogens with zero attached hydrogens (tertiary/aromatic N) is 4. The van der Waals surface area contributed by atoms with Crippen molar-refractivity contribution in [3.8, 4) is 6.07 Å². The van der Waals surface area contributed by atoms with Crippen molar-refractivity contribution in [1.82, 2.24) is 14.5 Å². The largest absolute Gasteiger partial charge is 0.313 e. The van der Waals surface area contributed by atoms with Crippen LogP contribution in [0.5, 0.6) is 0 Å². The summed E-state index contributed by atoms with van der Waals surface area (Å²) in [6, 6.07) is 8.45. The van der Waals surface area contributed by atoms with E-state index in [9.17, 15) is 0 Å². The van der Waals surface area contributed by atoms with Gasteiger partial charge in [0.2, 0.25) is 0 Å². The van der Waals surface area contributed by atoms with Crippen LogP contribution in [0.3, 0.4) is 0 Å². The number of nitriles is 1. The van der Waals surface area contributed by atoms with Gasteiger partial charge in [-0.15, -0.1) is 0 Å². The highest BCUT2D eigenvalue weighted by Crippen LogP contribution is 2.18. The molecule has 2 rings (SSSR count). The molecule has 4 nitrogen and oxygen atoms in total. The smallest absolute Gasteiger partial charge is 0.125 e. The van der Waals surface area contributed by atoms with E-state index in [1.165, 1.54) is 18.4 Å². The van der Waals surface area contributed by atoms with E-state index in [0.717, 1.165) is 29.9 Å². The van der Waals surface area contributed by atoms with Gasteiger partial charge < -0.3 is 4.57 Å². The topological polar surface area (TPSA) is 44.9 Å². The van der Waals surface area contributed by atoms with Crippen LogP contribution in [0.4, 0.5) is 0 Å². The first kappa shape index (κ1) is 14.5. The number of hydrogen-bond donors (Lipinski definition) is 0. The first-order valence-electron chi connectivity index (χ1n) is 7.17. The predicted molar refractivity (Wildman–Crippen MR) is 81.3 cm³/mol. The zero-order valence-electron chi connectivity index (χ0n) is 12.6. The molecule has 1 heterocycles. The summed E-state index contributed by atoms with van der Waals surface area (Å²) in [5.74, 6) is 0.978. The standard InChI is InChI=1S/C16H22N4/c1-4-5-9-19(3)12-16-18-14-11-13(2)6-7-15(14)20(16)10-8-17/h6-7,11H,4-5,9-10,12H2,1-3H3. The summed E-state index contributed by atoms with van der Waals surface area (Å²) < 4.78 is 2.03. The number of hydrogen-bond acceptors (Lipinski definition) is 3. The van der Waals surface area contributed by atoms with E-state index in [2.05, 4.69) is 50.1 Å². The molecule has 1 aromatic carbocycles. The minimum Gasteiger partial charge on any atom is -0.313 e. The Labute approximate surface area is 120 Å². The van der Waals surface area contributed by atoms with E-state index < -0.39 is 0 Å². The van der Waals surface area contributed by atoms with Crippen molar-refractivity contribution >= 4 is 11.0 Å². The number of unbranched alkanes of at least 4 members (excludes halogenated alkanes) is 1. The Bertz CT molecular complexity index is 621. The monoisotopic (exact) mass is 270 g/mol. The fourth-order valence-electron chi connectivity index (χ4n) is 2.41. The minimum atomic E-state index is 0.358. The third-order valence-electron chi connectivity index (χ3n) is 3.52. The molecule has 0 amide bonds. The Morgan fingerprint density at radius 1 is 1.40 bits per heavy atom. The third-order valence-corrected chi connectivity index (χ3v) is 3.52. The summed E-state index contributed by atoms with van der Waals surface area (Å²) in [6.45, 7) is 6.47. The van der Waals surface area contributed by atoms with Crippen LogP contribution in [0.1, 0.15) is 31.2 Å². The lowest BCUT2D eigenvalue weighted by molar-refractivity contribution is 0.309. The maximum absolute atomic E-state index is 9.04. The lowest BCUT2D eigenvalue weighted by atomic mass is 10.2. The van der Waals surface area contributed by atoms with E-state index in [1.54, 1.807) is 0 Å². The van der Waals surface area contributed by atoms with Crippen LogP contribution in [0.15, 0.2) is 18.2 Å². The Morgan fingerprint density at radius 2 is 2.20 bits per heavy atom. The molecule has 0 saturated heterocycles. The zero-order valence-corrected chi connectivity index (χ0v) is 12.6. The van der Waals surface area contributed by atoms with Gasteiger partial charge in [-0.3, -0.25) is 4.90 Å². The summed E-state index contributed by atoms with van der Waals surface area (Å²) in [7, 11) is 2.11. The molecule has 4 heteroatoms. The van der Waals surface area contributed by atoms with E-state index in [-0.39, 0.29) is 0 Å². The summed E-state index contributed by atoms with van der Waals surface area (Å²) in [5.41, 5.74) is 3.24. The Morgan fingerprint density at radius 3 is 2.90 bits per heavy atom. The molecule has 0 fully saturated rings. The third kappa shape index (κ3) is 3.17. The summed E-state index contributed by atoms with van der Waals surface area (Å²) in [6.07, 6.45) is 2.38. The van der Waals surface area contributed by atoms with Crippen molar-refractivity contribution in [2.45, 2.75) is 39.8 Å². The van der Waals surface area contributed by atoms with Crippen molar-refractivity contribution in [3.63, 3.8) is 0 Å². The maximum atomic E-state index is 9.04. The normalized spacial score (nSPS) is 11.2. The van der Waals surface area contributed by atoms with Gasteiger partial charge in [0, 0.05) is 0 Å². The average molecular weight is 270 g/mol. The Hall–Kier alpha value is -1.86.